The number of hydrogen-bond acceptors (Lipinski definition) is 4. The molecule has 1 N–H and O–H groups in total. The van der Waals surface area contributed by atoms with Crippen molar-refractivity contribution in [2.24, 2.45) is 0 Å². The van der Waals surface area contributed by atoms with Crippen molar-refractivity contribution in [1.29, 1.82) is 0 Å². The van der Waals surface area contributed by atoms with Crippen LogP contribution in [0.25, 0.3) is 0 Å². The Morgan fingerprint density at radius 1 is 1.62 bits per heavy atom. The Hall–Kier alpha value is -1.10. The third-order valence-corrected chi connectivity index (χ3v) is 2.32. The summed E-state index contributed by atoms with van der Waals surface area (Å²) in [7, 11) is 0. The van der Waals surface area contributed by atoms with Gasteiger partial charge in [0.25, 0.3) is 5.56 Å². The zero-order valence-corrected chi connectivity index (χ0v) is 8.27. The Balaban J connectivity index is 3.22. The summed E-state index contributed by atoms with van der Waals surface area (Å²) in [5.41, 5.74) is 0.350. The summed E-state index contributed by atoms with van der Waals surface area (Å²) in [6.07, 6.45) is 0.601. The van der Waals surface area contributed by atoms with Crippen molar-refractivity contribution in [3.63, 3.8) is 0 Å². The molecular weight excluding hydrogens is 188 g/mol. The normalized spacial score (nSPS) is 10.0. The summed E-state index contributed by atoms with van der Waals surface area (Å²) < 4.78 is 0. The molecule has 0 aliphatic carbocycles. The highest BCUT2D eigenvalue weighted by Gasteiger charge is 2.05. The number of aromatic nitrogens is 2. The molecule has 5 heteroatoms. The number of carbonyl (C=O) groups excluding carboxylic acids is 1. The number of aldehydes is 1. The molecule has 13 heavy (non-hydrogen) atoms. The molecule has 0 saturated carbocycles. The molecule has 0 aliphatic rings. The number of hydrogen-bond donors (Lipinski definition) is 1. The first kappa shape index (κ1) is 9.98. The van der Waals surface area contributed by atoms with Gasteiger partial charge in [-0.25, -0.2) is 4.98 Å². The third-order valence-electron chi connectivity index (χ3n) is 1.56. The second kappa shape index (κ2) is 4.23. The Kier molecular flexibility index (Phi) is 3.25. The minimum absolute atomic E-state index is 0.222. The minimum Gasteiger partial charge on any atom is -0.301 e. The predicted molar refractivity (Wildman–Crippen MR) is 51.4 cm³/mol. The van der Waals surface area contributed by atoms with Crippen LogP contribution < -0.4 is 5.56 Å². The molecule has 0 unspecified atom stereocenters. The summed E-state index contributed by atoms with van der Waals surface area (Å²) in [6, 6.07) is 0. The maximum Gasteiger partial charge on any atom is 0.255 e. The maximum atomic E-state index is 11.2. The van der Waals surface area contributed by atoms with E-state index >= 15 is 0 Å². The van der Waals surface area contributed by atoms with Gasteiger partial charge in [-0.15, -0.1) is 0 Å². The number of aromatic amines is 1. The van der Waals surface area contributed by atoms with Gasteiger partial charge < -0.3 is 4.98 Å². The van der Waals surface area contributed by atoms with Crippen LogP contribution in [0.4, 0.5) is 0 Å². The Morgan fingerprint density at radius 3 is 2.85 bits per heavy atom. The van der Waals surface area contributed by atoms with E-state index in [2.05, 4.69) is 9.97 Å². The summed E-state index contributed by atoms with van der Waals surface area (Å²) in [4.78, 5) is 28.3. The highest BCUT2D eigenvalue weighted by atomic mass is 32.2. The summed E-state index contributed by atoms with van der Waals surface area (Å²) >= 11 is 1.40. The standard InChI is InChI=1S/C8H10N2O2S/c1-3-13-8-9-6(4-11)5(2)7(12)10-8/h4H,3H2,1-2H3,(H,9,10,12). The van der Waals surface area contributed by atoms with Crippen LogP contribution in [0.3, 0.4) is 0 Å². The van der Waals surface area contributed by atoms with Gasteiger partial charge in [-0.05, 0) is 12.7 Å². The fourth-order valence-electron chi connectivity index (χ4n) is 0.848. The number of thioether (sulfide) groups is 1. The number of H-pyrrole nitrogens is 1. The van der Waals surface area contributed by atoms with E-state index < -0.39 is 0 Å². The topological polar surface area (TPSA) is 62.8 Å². The summed E-state index contributed by atoms with van der Waals surface area (Å²) in [6.45, 7) is 3.53. The molecule has 0 saturated heterocycles. The maximum absolute atomic E-state index is 11.2. The van der Waals surface area contributed by atoms with Crippen LogP contribution in [-0.2, 0) is 0 Å². The molecular formula is C8H10N2O2S. The average Bonchev–Trinajstić information content (AvgIpc) is 2.11. The van der Waals surface area contributed by atoms with Crippen molar-refractivity contribution in [3.8, 4) is 0 Å². The molecule has 4 nitrogen and oxygen atoms in total. The van der Waals surface area contributed by atoms with Gasteiger partial charge in [0, 0.05) is 5.56 Å². The van der Waals surface area contributed by atoms with Crippen LogP contribution in [0, 0.1) is 6.92 Å². The molecule has 0 aromatic carbocycles. The number of nitrogens with one attached hydrogen (secondary N) is 1. The van der Waals surface area contributed by atoms with Crippen LogP contribution in [-0.4, -0.2) is 22.0 Å². The number of carbonyl (C=O) groups is 1. The fraction of sp³-hybridized carbons (Fsp3) is 0.375. The van der Waals surface area contributed by atoms with Gasteiger partial charge in [0.1, 0.15) is 5.69 Å². The third kappa shape index (κ3) is 2.18. The molecule has 0 amide bonds. The quantitative estimate of drug-likeness (QED) is 0.447. The van der Waals surface area contributed by atoms with E-state index in [-0.39, 0.29) is 11.3 Å². The molecule has 70 valence electrons. The molecule has 0 fully saturated rings. The smallest absolute Gasteiger partial charge is 0.255 e. The van der Waals surface area contributed by atoms with E-state index in [0.29, 0.717) is 17.0 Å². The van der Waals surface area contributed by atoms with Crippen LogP contribution in [0.15, 0.2) is 9.95 Å². The molecule has 1 aromatic heterocycles. The number of nitrogens with zero attached hydrogens (tertiary/aromatic N) is 1. The van der Waals surface area contributed by atoms with E-state index in [4.69, 9.17) is 0 Å². The van der Waals surface area contributed by atoms with Gasteiger partial charge in [-0.1, -0.05) is 18.7 Å². The lowest BCUT2D eigenvalue weighted by atomic mass is 10.3. The minimum atomic E-state index is -0.243. The number of rotatable bonds is 3. The lowest BCUT2D eigenvalue weighted by Crippen LogP contribution is -2.15. The first-order chi connectivity index (χ1) is 6.19. The van der Waals surface area contributed by atoms with Crippen molar-refractivity contribution in [1.82, 2.24) is 9.97 Å². The highest BCUT2D eigenvalue weighted by molar-refractivity contribution is 7.99. The first-order valence-electron chi connectivity index (χ1n) is 3.88. The van der Waals surface area contributed by atoms with Crippen molar-refractivity contribution >= 4 is 18.0 Å². The second-order valence-corrected chi connectivity index (χ2v) is 3.68. The lowest BCUT2D eigenvalue weighted by Gasteiger charge is -2.00. The largest absolute Gasteiger partial charge is 0.301 e. The monoisotopic (exact) mass is 198 g/mol. The van der Waals surface area contributed by atoms with Gasteiger partial charge in [-0.2, -0.15) is 0 Å². The first-order valence-corrected chi connectivity index (χ1v) is 4.86. The van der Waals surface area contributed by atoms with Gasteiger partial charge in [0.05, 0.1) is 0 Å². The molecule has 0 radical (unpaired) electrons. The van der Waals surface area contributed by atoms with Crippen LogP contribution >= 0.6 is 11.8 Å². The predicted octanol–water partition coefficient (Wildman–Crippen LogP) is 1.00. The van der Waals surface area contributed by atoms with Gasteiger partial charge in [0.2, 0.25) is 0 Å². The molecule has 1 rings (SSSR count). The molecule has 1 heterocycles. The van der Waals surface area contributed by atoms with E-state index in [1.165, 1.54) is 11.8 Å². The van der Waals surface area contributed by atoms with Gasteiger partial charge >= 0.3 is 0 Å². The molecule has 0 aliphatic heterocycles. The van der Waals surface area contributed by atoms with E-state index in [9.17, 15) is 9.59 Å². The molecule has 0 atom stereocenters. The van der Waals surface area contributed by atoms with Crippen LogP contribution in [0.5, 0.6) is 0 Å². The van der Waals surface area contributed by atoms with Crippen molar-refractivity contribution in [2.45, 2.75) is 19.0 Å². The van der Waals surface area contributed by atoms with E-state index in [1.54, 1.807) is 6.92 Å². The average molecular weight is 198 g/mol. The molecule has 0 spiro atoms. The summed E-state index contributed by atoms with van der Waals surface area (Å²) in [5.74, 6) is 0.810. The Morgan fingerprint density at radius 2 is 2.31 bits per heavy atom. The van der Waals surface area contributed by atoms with E-state index in [0.717, 1.165) is 5.75 Å². The van der Waals surface area contributed by atoms with Crippen molar-refractivity contribution < 1.29 is 4.79 Å². The Labute approximate surface area is 79.8 Å². The molecule has 1 aromatic rings. The SMILES string of the molecule is CCSc1nc(C=O)c(C)c(=O)[nH]1. The fourth-order valence-corrected chi connectivity index (χ4v) is 1.45. The second-order valence-electron chi connectivity index (χ2n) is 2.43. The van der Waals surface area contributed by atoms with Crippen LogP contribution in [0.2, 0.25) is 0 Å². The zero-order chi connectivity index (χ0) is 9.84. The highest BCUT2D eigenvalue weighted by Crippen LogP contribution is 2.10. The van der Waals surface area contributed by atoms with Crippen molar-refractivity contribution in [2.75, 3.05) is 5.75 Å². The lowest BCUT2D eigenvalue weighted by molar-refractivity contribution is 0.111. The zero-order valence-electron chi connectivity index (χ0n) is 7.46. The molecule has 0 bridgehead atoms. The van der Waals surface area contributed by atoms with E-state index in [1.807, 2.05) is 6.92 Å². The van der Waals surface area contributed by atoms with Gasteiger partial charge in [-0.3, -0.25) is 9.59 Å². The van der Waals surface area contributed by atoms with Crippen molar-refractivity contribution in [3.05, 3.63) is 21.6 Å². The van der Waals surface area contributed by atoms with Crippen LogP contribution in [0.1, 0.15) is 23.0 Å². The van der Waals surface area contributed by atoms with Gasteiger partial charge in [0.15, 0.2) is 11.4 Å². The Bertz CT molecular complexity index is 373. The summed E-state index contributed by atoms with van der Waals surface area (Å²) in [5, 5.41) is 0.500.